The fourth-order valence-electron chi connectivity index (χ4n) is 1.49. The largest absolute Gasteiger partial charge is 0.397 e. The van der Waals surface area contributed by atoms with E-state index in [4.69, 9.17) is 34.2 Å². The second-order valence-electron chi connectivity index (χ2n) is 3.64. The number of nitrogens with one attached hydrogen (secondary N) is 1. The molecule has 3 nitrogen and oxygen atoms in total. The summed E-state index contributed by atoms with van der Waals surface area (Å²) in [6.45, 7) is 0. The Morgan fingerprint density at radius 2 is 1.89 bits per heavy atom. The van der Waals surface area contributed by atoms with Crippen LogP contribution in [0.1, 0.15) is 5.56 Å². The van der Waals surface area contributed by atoms with Crippen LogP contribution in [0.5, 0.6) is 0 Å². The molecule has 90 valence electrons. The quantitative estimate of drug-likeness (QED) is 0.809. The van der Waals surface area contributed by atoms with Gasteiger partial charge in [0.2, 0.25) is 0 Å². The molecule has 2 rings (SSSR count). The number of hydrogen-bond acceptors (Lipinski definition) is 3. The molecule has 0 radical (unpaired) electrons. The summed E-state index contributed by atoms with van der Waals surface area (Å²) < 4.78 is 0. The third-order valence-corrected chi connectivity index (χ3v) is 3.03. The van der Waals surface area contributed by atoms with Gasteiger partial charge in [-0.15, -0.1) is 0 Å². The molecule has 0 aliphatic carbocycles. The number of rotatable bonds is 2. The Labute approximate surface area is 115 Å². The Hall–Kier alpha value is -1.89. The first-order valence-electron chi connectivity index (χ1n) is 5.12. The van der Waals surface area contributed by atoms with Gasteiger partial charge in [0.25, 0.3) is 0 Å². The normalized spacial score (nSPS) is 9.83. The lowest BCUT2D eigenvalue weighted by Crippen LogP contribution is -1.97. The second kappa shape index (κ2) is 5.18. The minimum Gasteiger partial charge on any atom is -0.397 e. The van der Waals surface area contributed by atoms with Gasteiger partial charge in [0.05, 0.1) is 38.7 Å². The van der Waals surface area contributed by atoms with Crippen molar-refractivity contribution in [2.24, 2.45) is 0 Å². The molecule has 0 spiro atoms. The Bertz CT molecular complexity index is 612. The van der Waals surface area contributed by atoms with Crippen molar-refractivity contribution in [1.29, 1.82) is 5.26 Å². The number of para-hydroxylation sites is 1. The Kier molecular flexibility index (Phi) is 3.61. The maximum Gasteiger partial charge on any atom is 0.0992 e. The van der Waals surface area contributed by atoms with Crippen molar-refractivity contribution in [3.05, 3.63) is 52.0 Å². The lowest BCUT2D eigenvalue weighted by molar-refractivity contribution is 1.47. The van der Waals surface area contributed by atoms with Crippen LogP contribution < -0.4 is 11.1 Å². The molecule has 0 aliphatic rings. The third-order valence-electron chi connectivity index (χ3n) is 2.40. The number of nitriles is 1. The van der Waals surface area contributed by atoms with E-state index in [0.29, 0.717) is 32.7 Å². The summed E-state index contributed by atoms with van der Waals surface area (Å²) in [7, 11) is 0. The van der Waals surface area contributed by atoms with Gasteiger partial charge >= 0.3 is 0 Å². The Morgan fingerprint density at radius 1 is 1.11 bits per heavy atom. The van der Waals surface area contributed by atoms with Crippen LogP contribution in [0.3, 0.4) is 0 Å². The highest BCUT2D eigenvalue weighted by molar-refractivity contribution is 6.35. The van der Waals surface area contributed by atoms with E-state index >= 15 is 0 Å². The number of nitrogen functional groups attached to an aromatic ring is 1. The Morgan fingerprint density at radius 3 is 2.50 bits per heavy atom. The molecule has 18 heavy (non-hydrogen) atoms. The fraction of sp³-hybridized carbons (Fsp3) is 0. The molecule has 0 atom stereocenters. The van der Waals surface area contributed by atoms with Crippen molar-refractivity contribution >= 4 is 40.3 Å². The number of halogens is 2. The lowest BCUT2D eigenvalue weighted by atomic mass is 10.2. The van der Waals surface area contributed by atoms with Gasteiger partial charge in [0.15, 0.2) is 0 Å². The van der Waals surface area contributed by atoms with E-state index < -0.39 is 0 Å². The molecule has 0 aliphatic heterocycles. The maximum atomic E-state index is 8.76. The summed E-state index contributed by atoms with van der Waals surface area (Å²) in [5, 5.41) is 12.8. The molecule has 0 amide bonds. The minimum atomic E-state index is 0.438. The molecule has 2 aromatic carbocycles. The molecule has 0 aromatic heterocycles. The van der Waals surface area contributed by atoms with Crippen LogP contribution in [0.4, 0.5) is 17.1 Å². The standard InChI is InChI=1S/C13H9Cl2N3/c14-9-2-1-3-11(17)13(9)18-12-5-4-8(7-16)6-10(12)15/h1-6,18H,17H2. The number of nitrogens with zero attached hydrogens (tertiary/aromatic N) is 1. The van der Waals surface area contributed by atoms with Crippen LogP contribution in [0.25, 0.3) is 0 Å². The van der Waals surface area contributed by atoms with Crippen molar-refractivity contribution in [3.63, 3.8) is 0 Å². The highest BCUT2D eigenvalue weighted by atomic mass is 35.5. The van der Waals surface area contributed by atoms with Crippen LogP contribution >= 0.6 is 23.2 Å². The predicted molar refractivity (Wildman–Crippen MR) is 75.3 cm³/mol. The van der Waals surface area contributed by atoms with Gasteiger partial charge in [-0.25, -0.2) is 0 Å². The molecule has 0 heterocycles. The number of anilines is 3. The molecule has 5 heteroatoms. The van der Waals surface area contributed by atoms with E-state index in [1.165, 1.54) is 0 Å². The first-order chi connectivity index (χ1) is 8.61. The van der Waals surface area contributed by atoms with Crippen LogP contribution in [-0.4, -0.2) is 0 Å². The monoisotopic (exact) mass is 277 g/mol. The van der Waals surface area contributed by atoms with Crippen LogP contribution in [0, 0.1) is 11.3 Å². The summed E-state index contributed by atoms with van der Waals surface area (Å²) in [5.74, 6) is 0. The molecule has 0 bridgehead atoms. The van der Waals surface area contributed by atoms with Crippen molar-refractivity contribution in [1.82, 2.24) is 0 Å². The van der Waals surface area contributed by atoms with Gasteiger partial charge in [-0.05, 0) is 30.3 Å². The first kappa shape index (κ1) is 12.6. The van der Waals surface area contributed by atoms with Crippen molar-refractivity contribution in [3.8, 4) is 6.07 Å². The van der Waals surface area contributed by atoms with Crippen LogP contribution in [0.15, 0.2) is 36.4 Å². The van der Waals surface area contributed by atoms with Gasteiger partial charge in [0, 0.05) is 0 Å². The zero-order valence-electron chi connectivity index (χ0n) is 9.24. The molecular formula is C13H9Cl2N3. The minimum absolute atomic E-state index is 0.438. The smallest absolute Gasteiger partial charge is 0.0992 e. The summed E-state index contributed by atoms with van der Waals surface area (Å²) in [6, 6.07) is 12.2. The molecule has 0 saturated carbocycles. The lowest BCUT2D eigenvalue weighted by Gasteiger charge is -2.12. The van der Waals surface area contributed by atoms with Crippen LogP contribution in [0.2, 0.25) is 10.0 Å². The van der Waals surface area contributed by atoms with E-state index in [1.54, 1.807) is 36.4 Å². The molecule has 0 fully saturated rings. The van der Waals surface area contributed by atoms with Crippen molar-refractivity contribution in [2.45, 2.75) is 0 Å². The average molecular weight is 278 g/mol. The van der Waals surface area contributed by atoms with E-state index in [2.05, 4.69) is 5.32 Å². The third kappa shape index (κ3) is 2.51. The summed E-state index contributed by atoms with van der Waals surface area (Å²) in [4.78, 5) is 0. The Balaban J connectivity index is 2.38. The van der Waals surface area contributed by atoms with E-state index in [-0.39, 0.29) is 0 Å². The fourth-order valence-corrected chi connectivity index (χ4v) is 1.95. The molecule has 0 unspecified atom stereocenters. The highest BCUT2D eigenvalue weighted by Crippen LogP contribution is 2.33. The molecule has 2 aromatic rings. The zero-order valence-corrected chi connectivity index (χ0v) is 10.8. The SMILES string of the molecule is N#Cc1ccc(Nc2c(N)cccc2Cl)c(Cl)c1. The maximum absolute atomic E-state index is 8.76. The van der Waals surface area contributed by atoms with Crippen molar-refractivity contribution in [2.75, 3.05) is 11.1 Å². The summed E-state index contributed by atoms with van der Waals surface area (Å²) in [6.07, 6.45) is 0. The number of benzene rings is 2. The van der Waals surface area contributed by atoms with Gasteiger partial charge < -0.3 is 11.1 Å². The zero-order chi connectivity index (χ0) is 13.1. The first-order valence-corrected chi connectivity index (χ1v) is 5.88. The second-order valence-corrected chi connectivity index (χ2v) is 4.45. The van der Waals surface area contributed by atoms with Gasteiger partial charge in [-0.1, -0.05) is 29.3 Å². The van der Waals surface area contributed by atoms with Gasteiger partial charge in [-0.2, -0.15) is 5.26 Å². The molecular weight excluding hydrogens is 269 g/mol. The van der Waals surface area contributed by atoms with Crippen LogP contribution in [-0.2, 0) is 0 Å². The van der Waals surface area contributed by atoms with E-state index in [0.717, 1.165) is 0 Å². The predicted octanol–water partition coefficient (Wildman–Crippen LogP) is 4.19. The molecule has 3 N–H and O–H groups in total. The number of nitrogens with two attached hydrogens (primary N) is 1. The summed E-state index contributed by atoms with van der Waals surface area (Å²) >= 11 is 12.1. The topological polar surface area (TPSA) is 61.8 Å². The summed E-state index contributed by atoms with van der Waals surface area (Å²) in [5.41, 5.74) is 8.11. The highest BCUT2D eigenvalue weighted by Gasteiger charge is 2.07. The van der Waals surface area contributed by atoms with Gasteiger partial charge in [-0.3, -0.25) is 0 Å². The molecule has 0 saturated heterocycles. The van der Waals surface area contributed by atoms with E-state index in [1.807, 2.05) is 6.07 Å². The average Bonchev–Trinajstić information content (AvgIpc) is 2.35. The van der Waals surface area contributed by atoms with Gasteiger partial charge in [0.1, 0.15) is 0 Å². The van der Waals surface area contributed by atoms with Crippen molar-refractivity contribution < 1.29 is 0 Å². The number of hydrogen-bond donors (Lipinski definition) is 2. The van der Waals surface area contributed by atoms with E-state index in [9.17, 15) is 0 Å².